The van der Waals surface area contributed by atoms with E-state index in [9.17, 15) is 19.2 Å². The number of aromatic carboxylic acids is 4. The van der Waals surface area contributed by atoms with E-state index >= 15 is 0 Å². The number of hydrogen-bond donors (Lipinski definition) is 4. The van der Waals surface area contributed by atoms with E-state index < -0.39 is 40.6 Å². The highest BCUT2D eigenvalue weighted by molar-refractivity contribution is 6.02. The SMILES string of the molecule is O=C(O)c1ccc(CN=Nc2ccc(C(=O)O)c(C(=O)O)c2)cc1C(=O)O. The van der Waals surface area contributed by atoms with Crippen LogP contribution >= 0.6 is 0 Å². The molecule has 2 rings (SSSR count). The first kappa shape index (κ1) is 19.2. The van der Waals surface area contributed by atoms with Gasteiger partial charge in [-0.05, 0) is 35.9 Å². The van der Waals surface area contributed by atoms with Crippen LogP contribution in [0.1, 0.15) is 47.0 Å². The number of carboxylic acids is 4. The van der Waals surface area contributed by atoms with Gasteiger partial charge in [0, 0.05) is 0 Å². The van der Waals surface area contributed by atoms with Crippen molar-refractivity contribution >= 4 is 29.6 Å². The molecule has 0 unspecified atom stereocenters. The van der Waals surface area contributed by atoms with Crippen LogP contribution in [-0.2, 0) is 6.54 Å². The van der Waals surface area contributed by atoms with Crippen LogP contribution in [0.15, 0.2) is 46.6 Å². The molecule has 0 heterocycles. The molecule has 0 spiro atoms. The Bertz CT molecular complexity index is 981. The zero-order valence-electron chi connectivity index (χ0n) is 13.5. The molecule has 0 saturated carbocycles. The second-order valence-electron chi connectivity index (χ2n) is 5.23. The van der Waals surface area contributed by atoms with Gasteiger partial charge in [0.1, 0.15) is 0 Å². The van der Waals surface area contributed by atoms with E-state index in [1.807, 2.05) is 0 Å². The Balaban J connectivity index is 2.25. The van der Waals surface area contributed by atoms with E-state index in [1.54, 1.807) is 0 Å². The predicted octanol–water partition coefficient (Wildman–Crippen LogP) is 2.76. The second kappa shape index (κ2) is 7.87. The molecule has 4 N–H and O–H groups in total. The minimum Gasteiger partial charge on any atom is -0.478 e. The first-order valence-electron chi connectivity index (χ1n) is 7.28. The summed E-state index contributed by atoms with van der Waals surface area (Å²) in [6, 6.07) is 7.08. The molecule has 0 amide bonds. The van der Waals surface area contributed by atoms with Crippen molar-refractivity contribution in [2.45, 2.75) is 6.54 Å². The highest BCUT2D eigenvalue weighted by Gasteiger charge is 2.17. The van der Waals surface area contributed by atoms with Gasteiger partial charge in [-0.3, -0.25) is 0 Å². The van der Waals surface area contributed by atoms with Crippen LogP contribution in [0.5, 0.6) is 0 Å². The Hall–Kier alpha value is -4.08. The van der Waals surface area contributed by atoms with Crippen molar-refractivity contribution in [1.29, 1.82) is 0 Å². The summed E-state index contributed by atoms with van der Waals surface area (Å²) in [6.45, 7) is -0.0940. The number of carbonyl (C=O) groups is 4. The molecule has 0 bridgehead atoms. The van der Waals surface area contributed by atoms with Crippen LogP contribution in [-0.4, -0.2) is 44.3 Å². The quantitative estimate of drug-likeness (QED) is 0.536. The monoisotopic (exact) mass is 372 g/mol. The predicted molar refractivity (Wildman–Crippen MR) is 88.9 cm³/mol. The molecule has 0 radical (unpaired) electrons. The van der Waals surface area contributed by atoms with Crippen LogP contribution in [0.3, 0.4) is 0 Å². The normalized spacial score (nSPS) is 10.7. The average molecular weight is 372 g/mol. The Kier molecular flexibility index (Phi) is 5.61. The summed E-state index contributed by atoms with van der Waals surface area (Å²) in [7, 11) is 0. The lowest BCUT2D eigenvalue weighted by atomic mass is 10.0. The summed E-state index contributed by atoms with van der Waals surface area (Å²) >= 11 is 0. The Labute approximate surface area is 151 Å². The largest absolute Gasteiger partial charge is 0.478 e. The molecule has 0 aliphatic carbocycles. The first-order chi connectivity index (χ1) is 12.7. The third kappa shape index (κ3) is 4.51. The minimum atomic E-state index is -1.43. The van der Waals surface area contributed by atoms with Gasteiger partial charge in [-0.2, -0.15) is 10.2 Å². The van der Waals surface area contributed by atoms with Crippen LogP contribution in [0.2, 0.25) is 0 Å². The van der Waals surface area contributed by atoms with Gasteiger partial charge in [0.05, 0.1) is 34.5 Å². The number of rotatable bonds is 7. The average Bonchev–Trinajstić information content (AvgIpc) is 2.61. The molecule has 138 valence electrons. The van der Waals surface area contributed by atoms with E-state index in [0.717, 1.165) is 24.3 Å². The van der Waals surface area contributed by atoms with Crippen LogP contribution < -0.4 is 0 Å². The molecule has 0 atom stereocenters. The van der Waals surface area contributed by atoms with E-state index in [-0.39, 0.29) is 17.8 Å². The maximum atomic E-state index is 11.1. The molecule has 2 aromatic rings. The van der Waals surface area contributed by atoms with Crippen LogP contribution in [0, 0.1) is 0 Å². The standard InChI is InChI=1S/C17H12N2O8/c20-14(21)10-3-1-8(5-12(10)16(24)25)7-18-19-9-2-4-11(15(22)23)13(6-9)17(26)27/h1-6H,7H2,(H,20,21)(H,22,23)(H,24,25)(H,26,27). The van der Waals surface area contributed by atoms with Gasteiger partial charge in [-0.25, -0.2) is 19.2 Å². The van der Waals surface area contributed by atoms with Gasteiger partial charge in [0.2, 0.25) is 0 Å². The van der Waals surface area contributed by atoms with Crippen molar-refractivity contribution in [2.24, 2.45) is 10.2 Å². The summed E-state index contributed by atoms with van der Waals surface area (Å²) in [6.07, 6.45) is 0. The zero-order valence-corrected chi connectivity index (χ0v) is 13.5. The van der Waals surface area contributed by atoms with Crippen molar-refractivity contribution in [2.75, 3.05) is 0 Å². The van der Waals surface area contributed by atoms with Gasteiger partial charge < -0.3 is 20.4 Å². The van der Waals surface area contributed by atoms with Gasteiger partial charge in [0.15, 0.2) is 0 Å². The smallest absolute Gasteiger partial charge is 0.336 e. The number of hydrogen-bond acceptors (Lipinski definition) is 6. The van der Waals surface area contributed by atoms with Crippen molar-refractivity contribution < 1.29 is 39.6 Å². The molecule has 2 aromatic carbocycles. The summed E-state index contributed by atoms with van der Waals surface area (Å²) in [5.74, 6) is -5.60. The summed E-state index contributed by atoms with van der Waals surface area (Å²) in [5, 5.41) is 43.6. The molecule has 10 heteroatoms. The molecule has 27 heavy (non-hydrogen) atoms. The highest BCUT2D eigenvalue weighted by atomic mass is 16.4. The zero-order chi connectivity index (χ0) is 20.1. The van der Waals surface area contributed by atoms with Crippen LogP contribution in [0.25, 0.3) is 0 Å². The van der Waals surface area contributed by atoms with E-state index in [2.05, 4.69) is 10.2 Å². The molecule has 0 aliphatic heterocycles. The molecule has 0 saturated heterocycles. The summed E-state index contributed by atoms with van der Waals surface area (Å²) < 4.78 is 0. The van der Waals surface area contributed by atoms with Gasteiger partial charge in [-0.1, -0.05) is 6.07 Å². The maximum Gasteiger partial charge on any atom is 0.336 e. The highest BCUT2D eigenvalue weighted by Crippen LogP contribution is 2.20. The molecule has 0 aromatic heterocycles. The maximum absolute atomic E-state index is 11.1. The molecular weight excluding hydrogens is 360 g/mol. The lowest BCUT2D eigenvalue weighted by Crippen LogP contribution is -2.08. The number of carboxylic acid groups (broad SMARTS) is 4. The van der Waals surface area contributed by atoms with E-state index in [1.165, 1.54) is 12.1 Å². The van der Waals surface area contributed by atoms with Gasteiger partial charge >= 0.3 is 23.9 Å². The summed E-state index contributed by atoms with van der Waals surface area (Å²) in [4.78, 5) is 44.3. The van der Waals surface area contributed by atoms with Crippen molar-refractivity contribution in [3.63, 3.8) is 0 Å². The first-order valence-corrected chi connectivity index (χ1v) is 7.28. The summed E-state index contributed by atoms with van der Waals surface area (Å²) in [5.41, 5.74) is -1.12. The van der Waals surface area contributed by atoms with Crippen molar-refractivity contribution in [3.8, 4) is 0 Å². The van der Waals surface area contributed by atoms with Crippen molar-refractivity contribution in [3.05, 3.63) is 64.2 Å². The molecule has 0 aliphatic rings. The lowest BCUT2D eigenvalue weighted by molar-refractivity contribution is 0.0651. The van der Waals surface area contributed by atoms with E-state index in [4.69, 9.17) is 20.4 Å². The van der Waals surface area contributed by atoms with E-state index in [0.29, 0.717) is 5.56 Å². The number of azo groups is 1. The third-order valence-corrected chi connectivity index (χ3v) is 3.45. The number of nitrogens with zero attached hydrogens (tertiary/aromatic N) is 2. The van der Waals surface area contributed by atoms with Gasteiger partial charge in [-0.15, -0.1) is 0 Å². The second-order valence-corrected chi connectivity index (χ2v) is 5.23. The fourth-order valence-corrected chi connectivity index (χ4v) is 2.21. The Morgan fingerprint density at radius 2 is 1.15 bits per heavy atom. The topological polar surface area (TPSA) is 174 Å². The molecule has 0 fully saturated rings. The number of benzene rings is 2. The third-order valence-electron chi connectivity index (χ3n) is 3.45. The minimum absolute atomic E-state index is 0.0940. The molecule has 10 nitrogen and oxygen atoms in total. The molecular formula is C17H12N2O8. The fourth-order valence-electron chi connectivity index (χ4n) is 2.21. The van der Waals surface area contributed by atoms with Crippen LogP contribution in [0.4, 0.5) is 5.69 Å². The Morgan fingerprint density at radius 1 is 0.667 bits per heavy atom. The Morgan fingerprint density at radius 3 is 1.67 bits per heavy atom. The van der Waals surface area contributed by atoms with Gasteiger partial charge in [0.25, 0.3) is 0 Å². The van der Waals surface area contributed by atoms with Crippen molar-refractivity contribution in [1.82, 2.24) is 0 Å². The lowest BCUT2D eigenvalue weighted by Gasteiger charge is -2.04. The fraction of sp³-hybridized carbons (Fsp3) is 0.0588.